The van der Waals surface area contributed by atoms with E-state index in [1.165, 1.54) is 24.9 Å². The van der Waals surface area contributed by atoms with Gasteiger partial charge in [0.05, 0.1) is 0 Å². The first-order valence-electron chi connectivity index (χ1n) is 9.43. The number of nitrogens with one attached hydrogen (secondary N) is 1. The number of anilines is 2. The third-order valence-electron chi connectivity index (χ3n) is 4.87. The van der Waals surface area contributed by atoms with Crippen molar-refractivity contribution in [2.45, 2.75) is 46.1 Å². The smallest absolute Gasteiger partial charge is 0.265 e. The Bertz CT molecular complexity index is 749. The van der Waals surface area contributed by atoms with Crippen molar-refractivity contribution >= 4 is 17.3 Å². The van der Waals surface area contributed by atoms with E-state index in [-0.39, 0.29) is 5.91 Å². The fourth-order valence-electron chi connectivity index (χ4n) is 3.23. The number of carbonyl (C=O) groups excluding carboxylic acids is 1. The van der Waals surface area contributed by atoms with Gasteiger partial charge in [0.25, 0.3) is 5.91 Å². The Kier molecular flexibility index (Phi) is 5.82. The Morgan fingerprint density at radius 3 is 2.42 bits per heavy atom. The number of carbonyl (C=O) groups is 1. The van der Waals surface area contributed by atoms with Gasteiger partial charge in [0.2, 0.25) is 0 Å². The molecule has 0 bridgehead atoms. The summed E-state index contributed by atoms with van der Waals surface area (Å²) in [5.74, 6) is 0.615. The summed E-state index contributed by atoms with van der Waals surface area (Å²) in [4.78, 5) is 14.9. The van der Waals surface area contributed by atoms with Crippen molar-refractivity contribution < 1.29 is 9.53 Å². The lowest BCUT2D eigenvalue weighted by Gasteiger charge is -2.28. The van der Waals surface area contributed by atoms with Gasteiger partial charge in [0.15, 0.2) is 6.10 Å². The number of rotatable bonds is 5. The van der Waals surface area contributed by atoms with E-state index >= 15 is 0 Å². The van der Waals surface area contributed by atoms with E-state index in [0.29, 0.717) is 0 Å². The molecular formula is C22H28N2O2. The van der Waals surface area contributed by atoms with Crippen LogP contribution in [0, 0.1) is 13.8 Å². The Morgan fingerprint density at radius 1 is 1.04 bits per heavy atom. The highest BCUT2D eigenvalue weighted by molar-refractivity contribution is 5.94. The van der Waals surface area contributed by atoms with Gasteiger partial charge in [-0.2, -0.15) is 0 Å². The molecule has 1 aliphatic heterocycles. The van der Waals surface area contributed by atoms with Crippen LogP contribution in [-0.4, -0.2) is 25.1 Å². The predicted octanol–water partition coefficient (Wildman–Crippen LogP) is 4.70. The molecule has 0 aliphatic carbocycles. The van der Waals surface area contributed by atoms with Gasteiger partial charge in [0, 0.05) is 24.5 Å². The van der Waals surface area contributed by atoms with Gasteiger partial charge in [-0.05, 0) is 81.5 Å². The number of hydrogen-bond acceptors (Lipinski definition) is 3. The molecule has 0 saturated carbocycles. The number of aryl methyl sites for hydroxylation is 2. The highest BCUT2D eigenvalue weighted by Crippen LogP contribution is 2.23. The molecule has 1 aliphatic rings. The molecule has 1 atom stereocenters. The predicted molar refractivity (Wildman–Crippen MR) is 107 cm³/mol. The fourth-order valence-corrected chi connectivity index (χ4v) is 3.23. The molecule has 4 heteroatoms. The number of hydrogen-bond donors (Lipinski definition) is 1. The standard InChI is InChI=1S/C22H28N2O2/c1-16-7-8-17(2)21(15-16)26-18(3)22(25)23-19-9-11-20(12-10-19)24-13-5-4-6-14-24/h7-12,15,18H,4-6,13-14H2,1-3H3,(H,23,25). The monoisotopic (exact) mass is 352 g/mol. The Balaban J connectivity index is 1.59. The van der Waals surface area contributed by atoms with Crippen molar-refractivity contribution in [3.63, 3.8) is 0 Å². The van der Waals surface area contributed by atoms with Crippen LogP contribution in [0.4, 0.5) is 11.4 Å². The van der Waals surface area contributed by atoms with E-state index < -0.39 is 6.10 Å². The molecule has 1 unspecified atom stereocenters. The molecule has 1 heterocycles. The lowest BCUT2D eigenvalue weighted by atomic mass is 10.1. The third-order valence-corrected chi connectivity index (χ3v) is 4.87. The molecule has 3 rings (SSSR count). The summed E-state index contributed by atoms with van der Waals surface area (Å²) in [7, 11) is 0. The molecule has 0 radical (unpaired) electrons. The molecule has 1 fully saturated rings. The Morgan fingerprint density at radius 2 is 1.73 bits per heavy atom. The van der Waals surface area contributed by atoms with Crippen molar-refractivity contribution in [3.8, 4) is 5.75 Å². The zero-order valence-electron chi connectivity index (χ0n) is 15.9. The number of ether oxygens (including phenoxy) is 1. The van der Waals surface area contributed by atoms with E-state index in [1.807, 2.05) is 44.2 Å². The zero-order valence-corrected chi connectivity index (χ0v) is 15.9. The Labute approximate surface area is 156 Å². The lowest BCUT2D eigenvalue weighted by molar-refractivity contribution is -0.122. The van der Waals surface area contributed by atoms with Crippen molar-refractivity contribution in [2.75, 3.05) is 23.3 Å². The second kappa shape index (κ2) is 8.26. The van der Waals surface area contributed by atoms with Gasteiger partial charge in [-0.25, -0.2) is 0 Å². The molecule has 2 aromatic rings. The highest BCUT2D eigenvalue weighted by atomic mass is 16.5. The van der Waals surface area contributed by atoms with E-state index in [4.69, 9.17) is 4.74 Å². The van der Waals surface area contributed by atoms with Crippen LogP contribution in [0.15, 0.2) is 42.5 Å². The molecule has 0 spiro atoms. The highest BCUT2D eigenvalue weighted by Gasteiger charge is 2.16. The molecule has 26 heavy (non-hydrogen) atoms. The quantitative estimate of drug-likeness (QED) is 0.848. The van der Waals surface area contributed by atoms with Crippen LogP contribution in [0.25, 0.3) is 0 Å². The number of benzene rings is 2. The van der Waals surface area contributed by atoms with Crippen LogP contribution in [-0.2, 0) is 4.79 Å². The van der Waals surface area contributed by atoms with Crippen molar-refractivity contribution in [3.05, 3.63) is 53.6 Å². The SMILES string of the molecule is Cc1ccc(C)c(OC(C)C(=O)Nc2ccc(N3CCCCC3)cc2)c1. The number of amides is 1. The minimum absolute atomic E-state index is 0.142. The fraction of sp³-hybridized carbons (Fsp3) is 0.409. The summed E-state index contributed by atoms with van der Waals surface area (Å²) in [6, 6.07) is 14.1. The first kappa shape index (κ1) is 18.3. The van der Waals surface area contributed by atoms with Crippen molar-refractivity contribution in [2.24, 2.45) is 0 Å². The molecule has 2 aromatic carbocycles. The molecule has 0 aromatic heterocycles. The Hall–Kier alpha value is -2.49. The summed E-state index contributed by atoms with van der Waals surface area (Å²) in [5, 5.41) is 2.94. The second-order valence-corrected chi connectivity index (χ2v) is 7.11. The van der Waals surface area contributed by atoms with Crippen LogP contribution < -0.4 is 15.0 Å². The normalized spacial score (nSPS) is 15.4. The number of nitrogens with zero attached hydrogens (tertiary/aromatic N) is 1. The maximum absolute atomic E-state index is 12.5. The second-order valence-electron chi connectivity index (χ2n) is 7.11. The summed E-state index contributed by atoms with van der Waals surface area (Å²) in [5.41, 5.74) is 4.17. The molecule has 1 saturated heterocycles. The van der Waals surface area contributed by atoms with Crippen molar-refractivity contribution in [1.82, 2.24) is 0 Å². The molecule has 1 amide bonds. The zero-order chi connectivity index (χ0) is 18.5. The van der Waals surface area contributed by atoms with Crippen LogP contribution in [0.2, 0.25) is 0 Å². The maximum atomic E-state index is 12.5. The summed E-state index contributed by atoms with van der Waals surface area (Å²) < 4.78 is 5.86. The van der Waals surface area contributed by atoms with Crippen LogP contribution >= 0.6 is 0 Å². The van der Waals surface area contributed by atoms with Crippen LogP contribution in [0.3, 0.4) is 0 Å². The minimum atomic E-state index is -0.558. The first-order valence-corrected chi connectivity index (χ1v) is 9.43. The van der Waals surface area contributed by atoms with E-state index in [1.54, 1.807) is 6.92 Å². The average Bonchev–Trinajstić information content (AvgIpc) is 2.66. The third kappa shape index (κ3) is 4.57. The summed E-state index contributed by atoms with van der Waals surface area (Å²) >= 11 is 0. The van der Waals surface area contributed by atoms with Gasteiger partial charge in [-0.1, -0.05) is 12.1 Å². The average molecular weight is 352 g/mol. The van der Waals surface area contributed by atoms with Crippen molar-refractivity contribution in [1.29, 1.82) is 0 Å². The molecule has 1 N–H and O–H groups in total. The largest absolute Gasteiger partial charge is 0.481 e. The maximum Gasteiger partial charge on any atom is 0.265 e. The first-order chi connectivity index (χ1) is 12.5. The molecule has 4 nitrogen and oxygen atoms in total. The van der Waals surface area contributed by atoms with Gasteiger partial charge >= 0.3 is 0 Å². The van der Waals surface area contributed by atoms with Crippen LogP contribution in [0.5, 0.6) is 5.75 Å². The summed E-state index contributed by atoms with van der Waals surface area (Å²) in [6.07, 6.45) is 3.28. The lowest BCUT2D eigenvalue weighted by Crippen LogP contribution is -2.30. The van der Waals surface area contributed by atoms with E-state index in [9.17, 15) is 4.79 Å². The molecular weight excluding hydrogens is 324 g/mol. The van der Waals surface area contributed by atoms with E-state index in [2.05, 4.69) is 22.3 Å². The van der Waals surface area contributed by atoms with E-state index in [0.717, 1.165) is 35.7 Å². The number of piperidine rings is 1. The van der Waals surface area contributed by atoms with Gasteiger partial charge in [-0.15, -0.1) is 0 Å². The van der Waals surface area contributed by atoms with Gasteiger partial charge in [0.1, 0.15) is 5.75 Å². The molecule has 138 valence electrons. The van der Waals surface area contributed by atoms with Gasteiger partial charge < -0.3 is 15.0 Å². The van der Waals surface area contributed by atoms with Gasteiger partial charge in [-0.3, -0.25) is 4.79 Å². The van der Waals surface area contributed by atoms with Crippen LogP contribution in [0.1, 0.15) is 37.3 Å². The summed E-state index contributed by atoms with van der Waals surface area (Å²) in [6.45, 7) is 8.01. The minimum Gasteiger partial charge on any atom is -0.481 e. The topological polar surface area (TPSA) is 41.6 Å².